The number of hydrogen-bond acceptors (Lipinski definition) is 3. The fourth-order valence-electron chi connectivity index (χ4n) is 2.04. The molecule has 3 rings (SSSR count). The molecule has 2 heterocycles. The van der Waals surface area contributed by atoms with Crippen molar-refractivity contribution in [2.24, 2.45) is 0 Å². The molecule has 3 heteroatoms. The molecule has 0 aliphatic carbocycles. The summed E-state index contributed by atoms with van der Waals surface area (Å²) in [6.45, 7) is 3.43. The summed E-state index contributed by atoms with van der Waals surface area (Å²) in [7, 11) is 0. The number of thiophene rings is 1. The van der Waals surface area contributed by atoms with Crippen molar-refractivity contribution in [3.05, 3.63) is 45.6 Å². The molecule has 0 spiro atoms. The van der Waals surface area contributed by atoms with Crippen molar-refractivity contribution in [3.63, 3.8) is 0 Å². The van der Waals surface area contributed by atoms with Gasteiger partial charge in [0.15, 0.2) is 11.5 Å². The van der Waals surface area contributed by atoms with Gasteiger partial charge >= 0.3 is 0 Å². The van der Waals surface area contributed by atoms with Gasteiger partial charge in [-0.05, 0) is 25.1 Å². The minimum Gasteiger partial charge on any atom is -0.486 e. The molecule has 0 bridgehead atoms. The van der Waals surface area contributed by atoms with Crippen LogP contribution in [0.4, 0.5) is 0 Å². The van der Waals surface area contributed by atoms with Crippen molar-refractivity contribution in [2.75, 3.05) is 13.2 Å². The first kappa shape index (κ1) is 10.7. The molecule has 1 aliphatic rings. The summed E-state index contributed by atoms with van der Waals surface area (Å²) in [4.78, 5) is 2.71. The summed E-state index contributed by atoms with van der Waals surface area (Å²) in [6.07, 6.45) is 0.922. The molecule has 0 amide bonds. The third kappa shape index (κ3) is 2.15. The molecule has 1 aliphatic heterocycles. The first-order valence-corrected chi connectivity index (χ1v) is 6.57. The second-order valence-electron chi connectivity index (χ2n) is 4.13. The highest BCUT2D eigenvalue weighted by atomic mass is 32.1. The van der Waals surface area contributed by atoms with Gasteiger partial charge in [-0.15, -0.1) is 11.3 Å². The van der Waals surface area contributed by atoms with E-state index in [2.05, 4.69) is 25.1 Å². The van der Waals surface area contributed by atoms with Crippen LogP contribution in [0.5, 0.6) is 11.5 Å². The van der Waals surface area contributed by atoms with Crippen molar-refractivity contribution in [1.29, 1.82) is 0 Å². The molecule has 0 atom stereocenters. The molecule has 1 aromatic carbocycles. The average Bonchev–Trinajstić information content (AvgIpc) is 2.75. The van der Waals surface area contributed by atoms with Crippen molar-refractivity contribution >= 4 is 11.3 Å². The highest BCUT2D eigenvalue weighted by Gasteiger charge is 2.15. The molecule has 0 N–H and O–H groups in total. The standard InChI is InChI=1S/C14H14O2S/c1-10-5-6-12(17-10)9-11-3-2-4-13-14(11)16-8-7-15-13/h2-6H,7-9H2,1H3. The molecule has 0 fully saturated rings. The van der Waals surface area contributed by atoms with E-state index in [1.165, 1.54) is 15.3 Å². The van der Waals surface area contributed by atoms with Crippen molar-refractivity contribution in [3.8, 4) is 11.5 Å². The zero-order valence-corrected chi connectivity index (χ0v) is 10.5. The molecular weight excluding hydrogens is 232 g/mol. The summed E-state index contributed by atoms with van der Waals surface area (Å²) in [5.41, 5.74) is 1.21. The smallest absolute Gasteiger partial charge is 0.164 e. The van der Waals surface area contributed by atoms with E-state index in [-0.39, 0.29) is 0 Å². The zero-order valence-electron chi connectivity index (χ0n) is 9.73. The Morgan fingerprint density at radius 2 is 2.00 bits per heavy atom. The number of hydrogen-bond donors (Lipinski definition) is 0. The Hall–Kier alpha value is -1.48. The van der Waals surface area contributed by atoms with Crippen LogP contribution in [-0.2, 0) is 6.42 Å². The third-order valence-corrected chi connectivity index (χ3v) is 3.81. The number of benzene rings is 1. The molecule has 0 unspecified atom stereocenters. The molecule has 2 nitrogen and oxygen atoms in total. The average molecular weight is 246 g/mol. The van der Waals surface area contributed by atoms with Gasteiger partial charge in [-0.1, -0.05) is 12.1 Å². The first-order valence-electron chi connectivity index (χ1n) is 5.76. The van der Waals surface area contributed by atoms with Crippen LogP contribution in [0.1, 0.15) is 15.3 Å². The van der Waals surface area contributed by atoms with E-state index in [0.29, 0.717) is 13.2 Å². The van der Waals surface area contributed by atoms with Gasteiger partial charge in [0.1, 0.15) is 13.2 Å². The van der Waals surface area contributed by atoms with Gasteiger partial charge in [-0.25, -0.2) is 0 Å². The van der Waals surface area contributed by atoms with Gasteiger partial charge in [0.25, 0.3) is 0 Å². The van der Waals surface area contributed by atoms with Gasteiger partial charge in [-0.3, -0.25) is 0 Å². The highest BCUT2D eigenvalue weighted by molar-refractivity contribution is 7.11. The van der Waals surface area contributed by atoms with Crippen LogP contribution < -0.4 is 9.47 Å². The number of aryl methyl sites for hydroxylation is 1. The third-order valence-electron chi connectivity index (χ3n) is 2.81. The highest BCUT2D eigenvalue weighted by Crippen LogP contribution is 2.35. The van der Waals surface area contributed by atoms with E-state index >= 15 is 0 Å². The topological polar surface area (TPSA) is 18.5 Å². The maximum atomic E-state index is 5.71. The number of ether oxygens (including phenoxy) is 2. The lowest BCUT2D eigenvalue weighted by Crippen LogP contribution is -2.16. The van der Waals surface area contributed by atoms with Crippen molar-refractivity contribution < 1.29 is 9.47 Å². The number of para-hydroxylation sites is 1. The maximum absolute atomic E-state index is 5.71. The molecule has 0 radical (unpaired) electrons. The van der Waals surface area contributed by atoms with Gasteiger partial charge < -0.3 is 9.47 Å². The Bertz CT molecular complexity index is 531. The lowest BCUT2D eigenvalue weighted by molar-refractivity contribution is 0.170. The number of fused-ring (bicyclic) bond motifs is 1. The SMILES string of the molecule is Cc1ccc(Cc2cccc3c2OCCO3)s1. The van der Waals surface area contributed by atoms with Gasteiger partial charge in [0, 0.05) is 21.7 Å². The molecule has 0 saturated heterocycles. The van der Waals surface area contributed by atoms with E-state index in [1.807, 2.05) is 23.5 Å². The zero-order chi connectivity index (χ0) is 11.7. The van der Waals surface area contributed by atoms with Crippen molar-refractivity contribution in [2.45, 2.75) is 13.3 Å². The lowest BCUT2D eigenvalue weighted by Gasteiger charge is -2.20. The van der Waals surface area contributed by atoms with Crippen LogP contribution in [0.2, 0.25) is 0 Å². The minimum absolute atomic E-state index is 0.646. The Morgan fingerprint density at radius 1 is 1.12 bits per heavy atom. The van der Waals surface area contributed by atoms with Gasteiger partial charge in [0.2, 0.25) is 0 Å². The van der Waals surface area contributed by atoms with E-state index in [1.54, 1.807) is 0 Å². The second-order valence-corrected chi connectivity index (χ2v) is 5.50. The van der Waals surface area contributed by atoms with Gasteiger partial charge in [0.05, 0.1) is 0 Å². The Labute approximate surface area is 105 Å². The Kier molecular flexibility index (Phi) is 2.77. The summed E-state index contributed by atoms with van der Waals surface area (Å²) < 4.78 is 11.3. The van der Waals surface area contributed by atoms with Crippen LogP contribution in [0.15, 0.2) is 30.3 Å². The summed E-state index contributed by atoms with van der Waals surface area (Å²) in [6, 6.07) is 10.5. The fourth-order valence-corrected chi connectivity index (χ4v) is 2.95. The van der Waals surface area contributed by atoms with E-state index in [4.69, 9.17) is 9.47 Å². The first-order chi connectivity index (χ1) is 8.33. The predicted molar refractivity (Wildman–Crippen MR) is 69.3 cm³/mol. The minimum atomic E-state index is 0.646. The molecule has 17 heavy (non-hydrogen) atoms. The molecule has 1 aromatic heterocycles. The molecule has 0 saturated carbocycles. The Balaban J connectivity index is 1.92. The Morgan fingerprint density at radius 3 is 2.82 bits per heavy atom. The van der Waals surface area contributed by atoms with Gasteiger partial charge in [-0.2, -0.15) is 0 Å². The van der Waals surface area contributed by atoms with E-state index in [0.717, 1.165) is 17.9 Å². The van der Waals surface area contributed by atoms with E-state index in [9.17, 15) is 0 Å². The van der Waals surface area contributed by atoms with Crippen LogP contribution in [0, 0.1) is 6.92 Å². The monoisotopic (exact) mass is 246 g/mol. The van der Waals surface area contributed by atoms with E-state index < -0.39 is 0 Å². The van der Waals surface area contributed by atoms with Crippen LogP contribution in [0.3, 0.4) is 0 Å². The molecule has 2 aromatic rings. The lowest BCUT2D eigenvalue weighted by atomic mass is 10.1. The summed E-state index contributed by atoms with van der Waals surface area (Å²) >= 11 is 1.84. The van der Waals surface area contributed by atoms with Crippen molar-refractivity contribution in [1.82, 2.24) is 0 Å². The largest absolute Gasteiger partial charge is 0.486 e. The normalized spacial score (nSPS) is 13.7. The van der Waals surface area contributed by atoms with Crippen LogP contribution in [0.25, 0.3) is 0 Å². The van der Waals surface area contributed by atoms with Crippen LogP contribution in [-0.4, -0.2) is 13.2 Å². The molecular formula is C14H14O2S. The number of rotatable bonds is 2. The molecule has 88 valence electrons. The summed E-state index contributed by atoms with van der Waals surface area (Å²) in [5, 5.41) is 0. The van der Waals surface area contributed by atoms with Crippen LogP contribution >= 0.6 is 11.3 Å². The second kappa shape index (κ2) is 4.41. The quantitative estimate of drug-likeness (QED) is 0.808. The fraction of sp³-hybridized carbons (Fsp3) is 0.286. The maximum Gasteiger partial charge on any atom is 0.164 e. The predicted octanol–water partition coefficient (Wildman–Crippen LogP) is 3.42. The summed E-state index contributed by atoms with van der Waals surface area (Å²) in [5.74, 6) is 1.80.